The molecule has 1 unspecified atom stereocenters. The molecule has 2 N–H and O–H groups in total. The van der Waals surface area contributed by atoms with Gasteiger partial charge in [0.2, 0.25) is 0 Å². The first-order valence-corrected chi connectivity index (χ1v) is 12.0. The van der Waals surface area contributed by atoms with E-state index in [1.54, 1.807) is 11.3 Å². The van der Waals surface area contributed by atoms with Crippen LogP contribution in [0.3, 0.4) is 0 Å². The number of aromatic nitrogens is 2. The summed E-state index contributed by atoms with van der Waals surface area (Å²) in [5.74, 6) is 0.275. The van der Waals surface area contributed by atoms with Crippen LogP contribution in [0, 0.1) is 0 Å². The number of aromatic amines is 1. The fourth-order valence-corrected chi connectivity index (χ4v) is 5.46. The predicted octanol–water partition coefficient (Wildman–Crippen LogP) is 3.18. The van der Waals surface area contributed by atoms with E-state index >= 15 is 0 Å². The van der Waals surface area contributed by atoms with Crippen LogP contribution in [-0.2, 0) is 35.5 Å². The average molecular weight is 456 g/mol. The number of fused-ring (bicyclic) bond motifs is 3. The number of H-pyrrole nitrogens is 1. The Labute approximate surface area is 191 Å². The van der Waals surface area contributed by atoms with E-state index in [4.69, 9.17) is 9.72 Å². The van der Waals surface area contributed by atoms with E-state index in [2.05, 4.69) is 4.98 Å². The van der Waals surface area contributed by atoms with Crippen molar-refractivity contribution in [1.29, 1.82) is 0 Å². The highest BCUT2D eigenvalue weighted by atomic mass is 32.1. The minimum atomic E-state index is -0.833. The van der Waals surface area contributed by atoms with Crippen LogP contribution < -0.4 is 5.56 Å². The smallest absolute Gasteiger partial charge is 0.305 e. The molecule has 1 atom stereocenters. The Balaban J connectivity index is 1.50. The molecule has 1 aliphatic rings. The van der Waals surface area contributed by atoms with Gasteiger partial charge in [0, 0.05) is 24.4 Å². The molecule has 7 nitrogen and oxygen atoms in total. The van der Waals surface area contributed by atoms with Crippen molar-refractivity contribution in [2.24, 2.45) is 0 Å². The highest BCUT2D eigenvalue weighted by molar-refractivity contribution is 7.18. The van der Waals surface area contributed by atoms with E-state index in [-0.39, 0.29) is 24.7 Å². The predicted molar refractivity (Wildman–Crippen MR) is 125 cm³/mol. The molecular formula is C24H29N3O4S. The minimum Gasteiger partial charge on any atom is -0.463 e. The monoisotopic (exact) mass is 455 g/mol. The van der Waals surface area contributed by atoms with Crippen LogP contribution in [0.1, 0.15) is 48.0 Å². The number of hydrogen-bond acceptors (Lipinski definition) is 7. The summed E-state index contributed by atoms with van der Waals surface area (Å²) in [7, 11) is 0. The van der Waals surface area contributed by atoms with E-state index in [0.29, 0.717) is 31.8 Å². The van der Waals surface area contributed by atoms with Gasteiger partial charge < -0.3 is 14.8 Å². The molecule has 1 aliphatic carbocycles. The van der Waals surface area contributed by atoms with Gasteiger partial charge in [0.05, 0.1) is 11.9 Å². The molecule has 8 heteroatoms. The number of thiophene rings is 1. The number of rotatable bonds is 10. The highest BCUT2D eigenvalue weighted by Gasteiger charge is 2.22. The lowest BCUT2D eigenvalue weighted by molar-refractivity contribution is -0.147. The quantitative estimate of drug-likeness (QED) is 0.456. The van der Waals surface area contributed by atoms with Crippen molar-refractivity contribution < 1.29 is 14.6 Å². The number of carbonyl (C=O) groups is 1. The Kier molecular flexibility index (Phi) is 7.34. The second-order valence-corrected chi connectivity index (χ2v) is 9.38. The third-order valence-corrected chi connectivity index (χ3v) is 6.79. The molecule has 2 aromatic heterocycles. The number of carbonyl (C=O) groups excluding carboxylic acids is 1. The molecular weight excluding hydrogens is 426 g/mol. The lowest BCUT2D eigenvalue weighted by Crippen LogP contribution is -2.35. The molecule has 0 fully saturated rings. The molecule has 0 bridgehead atoms. The Morgan fingerprint density at radius 1 is 1.28 bits per heavy atom. The molecule has 0 amide bonds. The minimum absolute atomic E-state index is 0.0508. The lowest BCUT2D eigenvalue weighted by Gasteiger charge is -2.24. The Morgan fingerprint density at radius 3 is 2.88 bits per heavy atom. The lowest BCUT2D eigenvalue weighted by atomic mass is 10.2. The standard InChI is InChI=1S/C24H29N3O4S/c1-2-7-21(29)31-15-17(28)13-27(12-16-8-4-3-5-9-16)14-20-25-23(30)22-18-10-6-11-19(18)32-24(22)26-20/h3-5,8-9,17,28H,2,6-7,10-15H2,1H3,(H,25,26,30). The molecule has 0 spiro atoms. The molecule has 32 heavy (non-hydrogen) atoms. The van der Waals surface area contributed by atoms with Gasteiger partial charge in [-0.3, -0.25) is 14.5 Å². The van der Waals surface area contributed by atoms with E-state index < -0.39 is 6.10 Å². The number of aryl methyl sites for hydroxylation is 2. The van der Waals surface area contributed by atoms with Gasteiger partial charge in [-0.05, 0) is 36.8 Å². The van der Waals surface area contributed by atoms with Crippen LogP contribution in [0.25, 0.3) is 10.2 Å². The van der Waals surface area contributed by atoms with Gasteiger partial charge >= 0.3 is 5.97 Å². The number of aliphatic hydroxyl groups is 1. The summed E-state index contributed by atoms with van der Waals surface area (Å²) in [5.41, 5.74) is 2.16. The summed E-state index contributed by atoms with van der Waals surface area (Å²) in [6.07, 6.45) is 3.29. The summed E-state index contributed by atoms with van der Waals surface area (Å²) in [6.45, 7) is 3.10. The number of aliphatic hydroxyl groups excluding tert-OH is 1. The molecule has 0 saturated heterocycles. The average Bonchev–Trinajstić information content (AvgIpc) is 3.34. The van der Waals surface area contributed by atoms with Crippen LogP contribution in [0.2, 0.25) is 0 Å². The zero-order valence-electron chi connectivity index (χ0n) is 18.3. The summed E-state index contributed by atoms with van der Waals surface area (Å²) < 4.78 is 5.17. The molecule has 0 saturated carbocycles. The largest absolute Gasteiger partial charge is 0.463 e. The Bertz CT molecular complexity index is 1130. The number of hydrogen-bond donors (Lipinski definition) is 2. The van der Waals surface area contributed by atoms with E-state index in [1.807, 2.05) is 42.2 Å². The van der Waals surface area contributed by atoms with Crippen molar-refractivity contribution in [3.8, 4) is 0 Å². The van der Waals surface area contributed by atoms with Crippen LogP contribution in [0.5, 0.6) is 0 Å². The summed E-state index contributed by atoms with van der Waals surface area (Å²) >= 11 is 1.62. The van der Waals surface area contributed by atoms with Crippen LogP contribution >= 0.6 is 11.3 Å². The molecule has 0 radical (unpaired) electrons. The zero-order valence-corrected chi connectivity index (χ0v) is 19.1. The first-order valence-electron chi connectivity index (χ1n) is 11.2. The maximum Gasteiger partial charge on any atom is 0.305 e. The Morgan fingerprint density at radius 2 is 2.09 bits per heavy atom. The topological polar surface area (TPSA) is 95.5 Å². The SMILES string of the molecule is CCCC(=O)OCC(O)CN(Cc1ccccc1)Cc1nc2sc3c(c2c(=O)[nH]1)CCC3. The fourth-order valence-electron chi connectivity index (χ4n) is 4.18. The van der Waals surface area contributed by atoms with Gasteiger partial charge in [-0.25, -0.2) is 4.98 Å². The van der Waals surface area contributed by atoms with E-state index in [1.165, 1.54) is 4.88 Å². The van der Waals surface area contributed by atoms with Gasteiger partial charge in [0.15, 0.2) is 0 Å². The maximum atomic E-state index is 12.8. The van der Waals surface area contributed by atoms with Crippen molar-refractivity contribution in [1.82, 2.24) is 14.9 Å². The van der Waals surface area contributed by atoms with Gasteiger partial charge in [0.25, 0.3) is 5.56 Å². The van der Waals surface area contributed by atoms with Gasteiger partial charge in [-0.1, -0.05) is 37.3 Å². The third-order valence-electron chi connectivity index (χ3n) is 5.61. The number of nitrogens with one attached hydrogen (secondary N) is 1. The molecule has 2 heterocycles. The van der Waals surface area contributed by atoms with Crippen molar-refractivity contribution in [3.05, 3.63) is 62.5 Å². The number of ether oxygens (including phenoxy) is 1. The van der Waals surface area contributed by atoms with Crippen LogP contribution in [0.4, 0.5) is 0 Å². The fraction of sp³-hybridized carbons (Fsp3) is 0.458. The Hall–Kier alpha value is -2.55. The first-order chi connectivity index (χ1) is 15.5. The molecule has 1 aromatic carbocycles. The van der Waals surface area contributed by atoms with Crippen molar-refractivity contribution >= 4 is 27.5 Å². The van der Waals surface area contributed by atoms with Gasteiger partial charge in [-0.15, -0.1) is 11.3 Å². The van der Waals surface area contributed by atoms with Crippen LogP contribution in [0.15, 0.2) is 35.1 Å². The summed E-state index contributed by atoms with van der Waals surface area (Å²) in [5, 5.41) is 11.2. The normalized spacial score (nSPS) is 14.1. The first kappa shape index (κ1) is 22.6. The van der Waals surface area contributed by atoms with Crippen molar-refractivity contribution in [2.45, 2.75) is 58.2 Å². The summed E-state index contributed by atoms with van der Waals surface area (Å²) in [6, 6.07) is 9.93. The van der Waals surface area contributed by atoms with E-state index in [0.717, 1.165) is 40.6 Å². The zero-order chi connectivity index (χ0) is 22.5. The van der Waals surface area contributed by atoms with E-state index in [9.17, 15) is 14.7 Å². The van der Waals surface area contributed by atoms with Gasteiger partial charge in [0.1, 0.15) is 23.4 Å². The highest BCUT2D eigenvalue weighted by Crippen LogP contribution is 2.34. The number of esters is 1. The molecule has 4 rings (SSSR count). The summed E-state index contributed by atoms with van der Waals surface area (Å²) in [4.78, 5) is 36.2. The number of nitrogens with zero attached hydrogens (tertiary/aromatic N) is 2. The molecule has 170 valence electrons. The maximum absolute atomic E-state index is 12.8. The second kappa shape index (κ2) is 10.4. The van der Waals surface area contributed by atoms with Gasteiger partial charge in [-0.2, -0.15) is 0 Å². The van der Waals surface area contributed by atoms with Crippen molar-refractivity contribution in [3.63, 3.8) is 0 Å². The van der Waals surface area contributed by atoms with Crippen LogP contribution in [-0.4, -0.2) is 45.2 Å². The molecule has 0 aliphatic heterocycles. The van der Waals surface area contributed by atoms with Crippen molar-refractivity contribution in [2.75, 3.05) is 13.2 Å². The second-order valence-electron chi connectivity index (χ2n) is 8.29. The number of benzene rings is 1. The molecule has 3 aromatic rings. The third kappa shape index (κ3) is 5.43.